The van der Waals surface area contributed by atoms with Gasteiger partial charge >= 0.3 is 0 Å². The molecule has 0 unspecified atom stereocenters. The topological polar surface area (TPSA) is 3.24 Å². The summed E-state index contributed by atoms with van der Waals surface area (Å²) in [5.41, 5.74) is 19.8. The molecule has 0 amide bonds. The summed E-state index contributed by atoms with van der Waals surface area (Å²) >= 11 is 0. The number of anilines is 3. The second-order valence-electron chi connectivity index (χ2n) is 17.2. The molecule has 0 aromatic heterocycles. The summed E-state index contributed by atoms with van der Waals surface area (Å²) in [4.78, 5) is 2.51. The molecule has 0 spiro atoms. The average molecular weight is 840 g/mol. The molecule has 0 atom stereocenters. The fourth-order valence-corrected chi connectivity index (χ4v) is 10.6. The highest BCUT2D eigenvalue weighted by Crippen LogP contribution is 2.60. The Bertz CT molecular complexity index is 3480. The van der Waals surface area contributed by atoms with Gasteiger partial charge in [0.25, 0.3) is 0 Å². The Morgan fingerprint density at radius 2 is 0.742 bits per heavy atom. The Kier molecular flexibility index (Phi) is 9.81. The second-order valence-corrected chi connectivity index (χ2v) is 17.2. The monoisotopic (exact) mass is 839 g/mol. The highest BCUT2D eigenvalue weighted by atomic mass is 15.1. The molecule has 12 rings (SSSR count). The molecular formula is C65H45N. The van der Waals surface area contributed by atoms with Gasteiger partial charge in [0.1, 0.15) is 0 Å². The summed E-state index contributed by atoms with van der Waals surface area (Å²) in [5.74, 6) is 0. The van der Waals surface area contributed by atoms with Crippen LogP contribution in [0, 0.1) is 0 Å². The van der Waals surface area contributed by atoms with E-state index in [9.17, 15) is 0 Å². The lowest BCUT2D eigenvalue weighted by molar-refractivity contribution is 0.768. The van der Waals surface area contributed by atoms with Crippen LogP contribution in [0.1, 0.15) is 22.3 Å². The minimum atomic E-state index is -0.532. The van der Waals surface area contributed by atoms with Gasteiger partial charge in [0.05, 0.1) is 16.8 Å². The molecule has 11 aromatic carbocycles. The molecule has 0 radical (unpaired) electrons. The number of para-hydroxylation sites is 1. The number of benzene rings is 11. The van der Waals surface area contributed by atoms with E-state index >= 15 is 0 Å². The Hall–Kier alpha value is -8.52. The maximum atomic E-state index is 2.51. The van der Waals surface area contributed by atoms with Gasteiger partial charge in [0.2, 0.25) is 0 Å². The zero-order chi connectivity index (χ0) is 43.9. The SMILES string of the molecule is c1ccc(-c2ccccc2-c2ccccc2N(c2ccc(-c3cccc(-c4ccc5ccccc5c4)c3)cc2)c2cccc3c2-c2ccccc2C3(c2ccccc2)c2ccccc2)cc1. The minimum Gasteiger partial charge on any atom is -0.309 e. The van der Waals surface area contributed by atoms with Crippen molar-refractivity contribution in [3.05, 3.63) is 295 Å². The van der Waals surface area contributed by atoms with Gasteiger partial charge in [-0.15, -0.1) is 0 Å². The third kappa shape index (κ3) is 6.56. The van der Waals surface area contributed by atoms with Crippen LogP contribution in [0.2, 0.25) is 0 Å². The van der Waals surface area contributed by atoms with Crippen LogP contribution in [0.15, 0.2) is 273 Å². The van der Waals surface area contributed by atoms with Gasteiger partial charge in [-0.25, -0.2) is 0 Å². The van der Waals surface area contributed by atoms with Crippen LogP contribution in [-0.2, 0) is 5.41 Å². The number of fused-ring (bicyclic) bond motifs is 4. The smallest absolute Gasteiger partial charge is 0.0714 e. The molecular weight excluding hydrogens is 795 g/mol. The molecule has 310 valence electrons. The zero-order valence-electron chi connectivity index (χ0n) is 36.4. The third-order valence-electron chi connectivity index (χ3n) is 13.6. The summed E-state index contributed by atoms with van der Waals surface area (Å²) < 4.78 is 0. The number of hydrogen-bond acceptors (Lipinski definition) is 1. The maximum absolute atomic E-state index is 2.51. The van der Waals surface area contributed by atoms with Crippen LogP contribution in [0.3, 0.4) is 0 Å². The molecule has 1 aliphatic rings. The lowest BCUT2D eigenvalue weighted by Gasteiger charge is -2.34. The number of nitrogens with zero attached hydrogens (tertiary/aromatic N) is 1. The Morgan fingerprint density at radius 1 is 0.258 bits per heavy atom. The van der Waals surface area contributed by atoms with Crippen molar-refractivity contribution >= 4 is 27.8 Å². The van der Waals surface area contributed by atoms with E-state index in [2.05, 4.69) is 278 Å². The molecule has 1 nitrogen and oxygen atoms in total. The first-order valence-corrected chi connectivity index (χ1v) is 22.8. The van der Waals surface area contributed by atoms with Gasteiger partial charge < -0.3 is 4.90 Å². The molecule has 1 aliphatic carbocycles. The Morgan fingerprint density at radius 3 is 1.47 bits per heavy atom. The van der Waals surface area contributed by atoms with Crippen LogP contribution in [0.5, 0.6) is 0 Å². The average Bonchev–Trinajstić information content (AvgIpc) is 3.71. The van der Waals surface area contributed by atoms with Crippen molar-refractivity contribution in [2.24, 2.45) is 0 Å². The maximum Gasteiger partial charge on any atom is 0.0714 e. The molecule has 0 aliphatic heterocycles. The first-order chi connectivity index (χ1) is 32.8. The molecule has 0 bridgehead atoms. The molecule has 0 N–H and O–H groups in total. The van der Waals surface area contributed by atoms with Crippen molar-refractivity contribution in [1.82, 2.24) is 0 Å². The van der Waals surface area contributed by atoms with Gasteiger partial charge in [0, 0.05) is 16.8 Å². The second kappa shape index (κ2) is 16.6. The molecule has 0 saturated heterocycles. The van der Waals surface area contributed by atoms with Crippen LogP contribution >= 0.6 is 0 Å². The van der Waals surface area contributed by atoms with Gasteiger partial charge in [-0.05, 0) is 114 Å². The normalized spacial score (nSPS) is 12.4. The Balaban J connectivity index is 1.07. The molecule has 66 heavy (non-hydrogen) atoms. The van der Waals surface area contributed by atoms with Crippen molar-refractivity contribution in [1.29, 1.82) is 0 Å². The van der Waals surface area contributed by atoms with Crippen molar-refractivity contribution in [2.45, 2.75) is 5.41 Å². The van der Waals surface area contributed by atoms with Gasteiger partial charge in [-0.3, -0.25) is 0 Å². The van der Waals surface area contributed by atoms with Crippen molar-refractivity contribution in [2.75, 3.05) is 4.90 Å². The lowest BCUT2D eigenvalue weighted by Crippen LogP contribution is -2.28. The van der Waals surface area contributed by atoms with E-state index in [0.29, 0.717) is 0 Å². The molecule has 0 fully saturated rings. The summed E-state index contributed by atoms with van der Waals surface area (Å²) in [6, 6.07) is 100. The highest BCUT2D eigenvalue weighted by molar-refractivity contribution is 6.01. The van der Waals surface area contributed by atoms with Crippen LogP contribution in [0.4, 0.5) is 17.1 Å². The van der Waals surface area contributed by atoms with Crippen molar-refractivity contribution in [3.63, 3.8) is 0 Å². The zero-order valence-corrected chi connectivity index (χ0v) is 36.4. The van der Waals surface area contributed by atoms with E-state index in [0.717, 1.165) is 22.6 Å². The van der Waals surface area contributed by atoms with Crippen LogP contribution < -0.4 is 4.90 Å². The van der Waals surface area contributed by atoms with Gasteiger partial charge in [-0.1, -0.05) is 237 Å². The predicted molar refractivity (Wildman–Crippen MR) is 278 cm³/mol. The Labute approximate surface area is 387 Å². The minimum absolute atomic E-state index is 0.532. The summed E-state index contributed by atoms with van der Waals surface area (Å²) in [7, 11) is 0. The fourth-order valence-electron chi connectivity index (χ4n) is 10.6. The number of rotatable bonds is 9. The van der Waals surface area contributed by atoms with Gasteiger partial charge in [-0.2, -0.15) is 0 Å². The molecule has 11 aromatic rings. The van der Waals surface area contributed by atoms with Crippen molar-refractivity contribution in [3.8, 4) is 55.6 Å². The fraction of sp³-hybridized carbons (Fsp3) is 0.0154. The summed E-state index contributed by atoms with van der Waals surface area (Å²) in [6.07, 6.45) is 0. The quantitative estimate of drug-likeness (QED) is 0.140. The van der Waals surface area contributed by atoms with E-state index in [1.54, 1.807) is 0 Å². The first-order valence-electron chi connectivity index (χ1n) is 22.8. The van der Waals surface area contributed by atoms with E-state index in [4.69, 9.17) is 0 Å². The molecule has 0 saturated carbocycles. The summed E-state index contributed by atoms with van der Waals surface area (Å²) in [5, 5.41) is 2.50. The predicted octanol–water partition coefficient (Wildman–Crippen LogP) is 17.3. The summed E-state index contributed by atoms with van der Waals surface area (Å²) in [6.45, 7) is 0. The van der Waals surface area contributed by atoms with E-state index in [1.165, 1.54) is 83.1 Å². The van der Waals surface area contributed by atoms with Gasteiger partial charge in [0.15, 0.2) is 0 Å². The first kappa shape index (κ1) is 39.1. The van der Waals surface area contributed by atoms with E-state index < -0.39 is 5.41 Å². The van der Waals surface area contributed by atoms with Crippen LogP contribution in [0.25, 0.3) is 66.4 Å². The van der Waals surface area contributed by atoms with E-state index in [1.807, 2.05) is 0 Å². The van der Waals surface area contributed by atoms with E-state index in [-0.39, 0.29) is 0 Å². The highest BCUT2D eigenvalue weighted by Gasteiger charge is 2.47. The third-order valence-corrected chi connectivity index (χ3v) is 13.6. The molecule has 1 heteroatoms. The van der Waals surface area contributed by atoms with Crippen molar-refractivity contribution < 1.29 is 0 Å². The largest absolute Gasteiger partial charge is 0.309 e. The van der Waals surface area contributed by atoms with Crippen LogP contribution in [-0.4, -0.2) is 0 Å². The molecule has 0 heterocycles. The standard InChI is InChI=1S/C65H45N/c1-4-21-48(22-5-1)56-30-12-13-31-57(56)58-32-15-17-36-62(58)66(55-42-40-47(41-43-55)50-24-18-25-51(44-50)52-39-38-46-20-10-11-23-49(46)45-52)63-37-19-35-61-64(63)59-33-14-16-34-60(59)65(61,53-26-6-2-7-27-53)54-28-8-3-9-29-54/h1-45H. The number of hydrogen-bond donors (Lipinski definition) is 0. The lowest BCUT2D eigenvalue weighted by atomic mass is 9.68.